The minimum atomic E-state index is -0.113. The van der Waals surface area contributed by atoms with Gasteiger partial charge in [0, 0.05) is 13.1 Å². The van der Waals surface area contributed by atoms with Crippen molar-refractivity contribution in [3.8, 4) is 11.8 Å². The van der Waals surface area contributed by atoms with E-state index in [0.717, 1.165) is 0 Å². The zero-order valence-electron chi connectivity index (χ0n) is 13.9. The number of carbonyl (C=O) groups excluding carboxylic acids is 1. The molecule has 1 heterocycles. The number of ether oxygens (including phenoxy) is 1. The standard InChI is InChI=1S/C19H20N2O3/c1-13(14-7-8-14)21(2)19(22)18-10-9-16(24-18)12-23-17-6-4-3-5-15(17)11-20/h3-6,9-10,13-14H,7-8,12H2,1-2H3. The van der Waals surface area contributed by atoms with Crippen LogP contribution in [0.25, 0.3) is 0 Å². The quantitative estimate of drug-likeness (QED) is 0.814. The van der Waals surface area contributed by atoms with E-state index in [-0.39, 0.29) is 18.6 Å². The number of carbonyl (C=O) groups is 1. The average molecular weight is 324 g/mol. The second-order valence-electron chi connectivity index (χ2n) is 6.16. The van der Waals surface area contributed by atoms with Crippen LogP contribution in [-0.4, -0.2) is 23.9 Å². The summed E-state index contributed by atoms with van der Waals surface area (Å²) in [5.41, 5.74) is 0.471. The predicted octanol–water partition coefficient (Wildman–Crippen LogP) is 3.60. The highest BCUT2D eigenvalue weighted by Gasteiger charge is 2.33. The summed E-state index contributed by atoms with van der Waals surface area (Å²) >= 11 is 0. The van der Waals surface area contributed by atoms with E-state index >= 15 is 0 Å². The summed E-state index contributed by atoms with van der Waals surface area (Å²) in [6.07, 6.45) is 2.38. The molecule has 0 radical (unpaired) electrons. The van der Waals surface area contributed by atoms with Gasteiger partial charge in [0.2, 0.25) is 0 Å². The maximum atomic E-state index is 12.5. The monoisotopic (exact) mass is 324 g/mol. The van der Waals surface area contributed by atoms with Gasteiger partial charge in [0.25, 0.3) is 5.91 Å². The molecule has 1 aromatic heterocycles. The van der Waals surface area contributed by atoms with Gasteiger partial charge in [-0.1, -0.05) is 12.1 Å². The van der Waals surface area contributed by atoms with E-state index in [4.69, 9.17) is 14.4 Å². The molecule has 1 saturated carbocycles. The van der Waals surface area contributed by atoms with Gasteiger partial charge in [-0.15, -0.1) is 0 Å². The van der Waals surface area contributed by atoms with Gasteiger partial charge in [-0.05, 0) is 49.9 Å². The van der Waals surface area contributed by atoms with Crippen LogP contribution in [0, 0.1) is 17.2 Å². The second-order valence-corrected chi connectivity index (χ2v) is 6.16. The lowest BCUT2D eigenvalue weighted by Gasteiger charge is -2.23. The predicted molar refractivity (Wildman–Crippen MR) is 88.5 cm³/mol. The van der Waals surface area contributed by atoms with Crippen LogP contribution < -0.4 is 4.74 Å². The molecule has 3 rings (SSSR count). The third-order valence-corrected chi connectivity index (χ3v) is 4.49. The maximum Gasteiger partial charge on any atom is 0.289 e. The van der Waals surface area contributed by atoms with E-state index < -0.39 is 0 Å². The molecule has 0 spiro atoms. The zero-order chi connectivity index (χ0) is 17.1. The van der Waals surface area contributed by atoms with Gasteiger partial charge in [0.1, 0.15) is 24.2 Å². The molecule has 1 amide bonds. The topological polar surface area (TPSA) is 66.5 Å². The summed E-state index contributed by atoms with van der Waals surface area (Å²) in [6.45, 7) is 2.25. The first kappa shape index (κ1) is 16.1. The average Bonchev–Trinajstić information content (AvgIpc) is 3.36. The first-order chi connectivity index (χ1) is 11.6. The van der Waals surface area contributed by atoms with Crippen molar-refractivity contribution in [2.45, 2.75) is 32.4 Å². The third kappa shape index (κ3) is 3.43. The third-order valence-electron chi connectivity index (χ3n) is 4.49. The van der Waals surface area contributed by atoms with Crippen molar-refractivity contribution in [2.75, 3.05) is 7.05 Å². The normalized spacial score (nSPS) is 14.7. The Morgan fingerprint density at radius 2 is 2.12 bits per heavy atom. The minimum Gasteiger partial charge on any atom is -0.484 e. The number of amides is 1. The summed E-state index contributed by atoms with van der Waals surface area (Å²) in [7, 11) is 1.81. The number of rotatable bonds is 6. The Morgan fingerprint density at radius 3 is 2.83 bits per heavy atom. The fraction of sp³-hybridized carbons (Fsp3) is 0.368. The molecule has 0 N–H and O–H groups in total. The van der Waals surface area contributed by atoms with Crippen molar-refractivity contribution in [1.82, 2.24) is 4.90 Å². The number of furan rings is 1. The molecule has 5 nitrogen and oxygen atoms in total. The van der Waals surface area contributed by atoms with Crippen LogP contribution in [0.3, 0.4) is 0 Å². The first-order valence-electron chi connectivity index (χ1n) is 8.08. The van der Waals surface area contributed by atoms with E-state index in [2.05, 4.69) is 13.0 Å². The molecule has 0 bridgehead atoms. The van der Waals surface area contributed by atoms with Crippen molar-refractivity contribution in [3.05, 3.63) is 53.5 Å². The summed E-state index contributed by atoms with van der Waals surface area (Å²) in [5, 5.41) is 9.05. The zero-order valence-corrected chi connectivity index (χ0v) is 13.9. The van der Waals surface area contributed by atoms with E-state index in [9.17, 15) is 4.79 Å². The summed E-state index contributed by atoms with van der Waals surface area (Å²) in [6, 6.07) is 12.7. The number of nitriles is 1. The Kier molecular flexibility index (Phi) is 4.57. The Bertz CT molecular complexity index is 771. The van der Waals surface area contributed by atoms with E-state index in [1.807, 2.05) is 13.1 Å². The van der Waals surface area contributed by atoms with Crippen LogP contribution in [-0.2, 0) is 6.61 Å². The first-order valence-corrected chi connectivity index (χ1v) is 8.08. The highest BCUT2D eigenvalue weighted by atomic mass is 16.5. The van der Waals surface area contributed by atoms with Crippen molar-refractivity contribution < 1.29 is 13.9 Å². The molecule has 1 aliphatic carbocycles. The molecular formula is C19H20N2O3. The molecule has 5 heteroatoms. The highest BCUT2D eigenvalue weighted by Crippen LogP contribution is 2.35. The number of hydrogen-bond acceptors (Lipinski definition) is 4. The molecule has 24 heavy (non-hydrogen) atoms. The van der Waals surface area contributed by atoms with Crippen LogP contribution in [0.5, 0.6) is 5.75 Å². The molecule has 1 aromatic carbocycles. The summed E-state index contributed by atoms with van der Waals surface area (Å²) in [5.74, 6) is 1.87. The van der Waals surface area contributed by atoms with Gasteiger partial charge in [0.15, 0.2) is 5.76 Å². The maximum absolute atomic E-state index is 12.5. The molecule has 1 unspecified atom stereocenters. The number of hydrogen-bond donors (Lipinski definition) is 0. The van der Waals surface area contributed by atoms with Crippen molar-refractivity contribution in [1.29, 1.82) is 5.26 Å². The number of benzene rings is 1. The van der Waals surface area contributed by atoms with Gasteiger partial charge in [0.05, 0.1) is 5.56 Å². The molecule has 1 aliphatic rings. The smallest absolute Gasteiger partial charge is 0.289 e. The molecule has 124 valence electrons. The van der Waals surface area contributed by atoms with Crippen molar-refractivity contribution in [3.63, 3.8) is 0 Å². The summed E-state index contributed by atoms with van der Waals surface area (Å²) in [4.78, 5) is 14.2. The van der Waals surface area contributed by atoms with Gasteiger partial charge in [-0.3, -0.25) is 4.79 Å². The Hall–Kier alpha value is -2.74. The Labute approximate surface area is 141 Å². The van der Waals surface area contributed by atoms with Gasteiger partial charge in [-0.25, -0.2) is 0 Å². The molecule has 0 aliphatic heterocycles. The Balaban J connectivity index is 1.63. The van der Waals surface area contributed by atoms with Gasteiger partial charge >= 0.3 is 0 Å². The molecular weight excluding hydrogens is 304 g/mol. The fourth-order valence-electron chi connectivity index (χ4n) is 2.66. The summed E-state index contributed by atoms with van der Waals surface area (Å²) < 4.78 is 11.2. The SMILES string of the molecule is CC(C1CC1)N(C)C(=O)c1ccc(COc2ccccc2C#N)o1. The number of nitrogens with zero attached hydrogens (tertiary/aromatic N) is 2. The largest absolute Gasteiger partial charge is 0.484 e. The lowest BCUT2D eigenvalue weighted by Crippen LogP contribution is -2.36. The van der Waals surface area contributed by atoms with Crippen LogP contribution in [0.4, 0.5) is 0 Å². The molecule has 0 saturated heterocycles. The fourth-order valence-corrected chi connectivity index (χ4v) is 2.66. The van der Waals surface area contributed by atoms with Crippen LogP contribution in [0.15, 0.2) is 40.8 Å². The highest BCUT2D eigenvalue weighted by molar-refractivity contribution is 5.91. The van der Waals surface area contributed by atoms with Gasteiger partial charge < -0.3 is 14.1 Å². The van der Waals surface area contributed by atoms with E-state index in [0.29, 0.717) is 28.8 Å². The lowest BCUT2D eigenvalue weighted by atomic mass is 10.2. The number of para-hydroxylation sites is 1. The molecule has 1 fully saturated rings. The van der Waals surface area contributed by atoms with Crippen molar-refractivity contribution >= 4 is 5.91 Å². The van der Waals surface area contributed by atoms with Crippen LogP contribution in [0.1, 0.15) is 41.6 Å². The lowest BCUT2D eigenvalue weighted by molar-refractivity contribution is 0.0691. The van der Waals surface area contributed by atoms with Crippen molar-refractivity contribution in [2.24, 2.45) is 5.92 Å². The molecule has 2 aromatic rings. The van der Waals surface area contributed by atoms with E-state index in [1.54, 1.807) is 35.2 Å². The molecule has 1 atom stereocenters. The van der Waals surface area contributed by atoms with Gasteiger partial charge in [-0.2, -0.15) is 5.26 Å². The van der Waals surface area contributed by atoms with E-state index in [1.165, 1.54) is 12.8 Å². The Morgan fingerprint density at radius 1 is 1.38 bits per heavy atom. The van der Waals surface area contributed by atoms with Crippen LogP contribution >= 0.6 is 0 Å². The second kappa shape index (κ2) is 6.79. The van der Waals surface area contributed by atoms with Crippen LogP contribution in [0.2, 0.25) is 0 Å². The minimum absolute atomic E-state index is 0.113.